The fourth-order valence-corrected chi connectivity index (χ4v) is 2.65. The molecule has 0 aliphatic rings. The molecule has 0 radical (unpaired) electrons. The van der Waals surface area contributed by atoms with E-state index in [1.165, 1.54) is 0 Å². The topological polar surface area (TPSA) is 52.6 Å². The molecule has 0 aromatic rings. The standard InChI is InChI=1S/C18H12F20O4/c1-3-7(39)42-18(37,38)9(19,6-5-8(40)41-4-2)10(20,21)11(22,23)12(24,25)13(26,27)14(28,29)15(30,31)16(32,33)17(34,35)36/h3H,1,4-6H2,2H3. The van der Waals surface area contributed by atoms with Crippen LogP contribution in [-0.2, 0) is 19.1 Å². The van der Waals surface area contributed by atoms with E-state index in [2.05, 4.69) is 16.1 Å². The number of rotatable bonds is 14. The summed E-state index contributed by atoms with van der Waals surface area (Å²) in [5.74, 6) is -67.0. The molecule has 42 heavy (non-hydrogen) atoms. The van der Waals surface area contributed by atoms with E-state index < -0.39 is 96.9 Å². The first kappa shape index (κ1) is 39.3. The molecule has 0 rings (SSSR count). The molecule has 1 unspecified atom stereocenters. The summed E-state index contributed by atoms with van der Waals surface area (Å²) in [7, 11) is 0. The Balaban J connectivity index is 7.41. The number of hydrogen-bond acceptors (Lipinski definition) is 4. The van der Waals surface area contributed by atoms with Crippen LogP contribution in [0.25, 0.3) is 0 Å². The van der Waals surface area contributed by atoms with Gasteiger partial charge in [0, 0.05) is 18.9 Å². The summed E-state index contributed by atoms with van der Waals surface area (Å²) in [6.45, 7) is 2.40. The molecule has 0 spiro atoms. The van der Waals surface area contributed by atoms with Gasteiger partial charge in [0.25, 0.3) is 5.67 Å². The third kappa shape index (κ3) is 5.52. The van der Waals surface area contributed by atoms with Crippen LogP contribution in [-0.4, -0.2) is 78.0 Å². The highest BCUT2D eigenvalue weighted by Crippen LogP contribution is 2.66. The van der Waals surface area contributed by atoms with Crippen LogP contribution in [0.15, 0.2) is 12.7 Å². The highest BCUT2D eigenvalue weighted by Gasteiger charge is 2.97. The van der Waals surface area contributed by atoms with Crippen molar-refractivity contribution >= 4 is 11.9 Å². The predicted molar refractivity (Wildman–Crippen MR) is 91.6 cm³/mol. The van der Waals surface area contributed by atoms with Gasteiger partial charge < -0.3 is 9.47 Å². The fraction of sp³-hybridized carbons (Fsp3) is 0.778. The minimum absolute atomic E-state index is 0.470. The molecule has 0 aliphatic heterocycles. The average Bonchev–Trinajstić information content (AvgIpc) is 2.80. The summed E-state index contributed by atoms with van der Waals surface area (Å²) in [6, 6.07) is 0. The number of esters is 2. The highest BCUT2D eigenvalue weighted by molar-refractivity contribution is 5.81. The van der Waals surface area contributed by atoms with Crippen LogP contribution in [0.4, 0.5) is 87.8 Å². The molecule has 0 heterocycles. The van der Waals surface area contributed by atoms with Crippen molar-refractivity contribution in [2.45, 2.75) is 79.2 Å². The van der Waals surface area contributed by atoms with Gasteiger partial charge in [-0.1, -0.05) is 6.58 Å². The lowest BCUT2D eigenvalue weighted by Gasteiger charge is -2.46. The molecule has 0 aliphatic carbocycles. The summed E-state index contributed by atoms with van der Waals surface area (Å²) in [4.78, 5) is 22.2. The van der Waals surface area contributed by atoms with Gasteiger partial charge in [0.05, 0.1) is 6.61 Å². The number of ether oxygens (including phenoxy) is 2. The second kappa shape index (κ2) is 11.1. The van der Waals surface area contributed by atoms with Gasteiger partial charge >= 0.3 is 65.7 Å². The number of alkyl halides is 20. The van der Waals surface area contributed by atoms with Crippen molar-refractivity contribution in [3.05, 3.63) is 12.7 Å². The van der Waals surface area contributed by atoms with E-state index in [1.54, 1.807) is 0 Å². The maximum Gasteiger partial charge on any atom is 0.460 e. The van der Waals surface area contributed by atoms with E-state index in [1.807, 2.05) is 0 Å². The lowest BCUT2D eigenvalue weighted by Crippen LogP contribution is -2.77. The summed E-state index contributed by atoms with van der Waals surface area (Å²) < 4.78 is 279. The Kier molecular flexibility index (Phi) is 10.4. The number of carbonyl (C=O) groups is 2. The molecule has 0 amide bonds. The second-order valence-corrected chi connectivity index (χ2v) is 7.77. The third-order valence-corrected chi connectivity index (χ3v) is 5.06. The van der Waals surface area contributed by atoms with Gasteiger partial charge in [0.2, 0.25) is 0 Å². The third-order valence-electron chi connectivity index (χ3n) is 5.06. The first-order valence-corrected chi connectivity index (χ1v) is 9.95. The smallest absolute Gasteiger partial charge is 0.460 e. The van der Waals surface area contributed by atoms with Crippen LogP contribution in [0.1, 0.15) is 19.8 Å². The zero-order valence-electron chi connectivity index (χ0n) is 19.6. The molecular weight excluding hydrogens is 660 g/mol. The fourth-order valence-electron chi connectivity index (χ4n) is 2.65. The van der Waals surface area contributed by atoms with Gasteiger partial charge in [-0.05, 0) is 6.92 Å². The molecule has 0 bridgehead atoms. The van der Waals surface area contributed by atoms with Crippen molar-refractivity contribution in [3.63, 3.8) is 0 Å². The van der Waals surface area contributed by atoms with Gasteiger partial charge in [-0.2, -0.15) is 83.4 Å². The largest absolute Gasteiger partial charge is 0.466 e. The first-order chi connectivity index (χ1) is 18.2. The Morgan fingerprint density at radius 2 is 0.929 bits per heavy atom. The molecule has 0 fully saturated rings. The molecule has 0 aromatic heterocycles. The normalized spacial score (nSPS) is 16.5. The van der Waals surface area contributed by atoms with Crippen molar-refractivity contribution in [3.8, 4) is 0 Å². The molecule has 0 aromatic carbocycles. The van der Waals surface area contributed by atoms with Crippen LogP contribution in [0.2, 0.25) is 0 Å². The predicted octanol–water partition coefficient (Wildman–Crippen LogP) is 7.37. The zero-order valence-corrected chi connectivity index (χ0v) is 19.6. The van der Waals surface area contributed by atoms with Crippen LogP contribution in [0, 0.1) is 0 Å². The number of carbonyl (C=O) groups excluding carboxylic acids is 2. The van der Waals surface area contributed by atoms with E-state index in [0.717, 1.165) is 6.92 Å². The van der Waals surface area contributed by atoms with Crippen molar-refractivity contribution in [2.75, 3.05) is 6.61 Å². The van der Waals surface area contributed by atoms with Crippen molar-refractivity contribution in [1.82, 2.24) is 0 Å². The van der Waals surface area contributed by atoms with Crippen LogP contribution >= 0.6 is 0 Å². The molecule has 24 heteroatoms. The van der Waals surface area contributed by atoms with Gasteiger partial charge in [-0.3, -0.25) is 4.79 Å². The second-order valence-electron chi connectivity index (χ2n) is 7.77. The van der Waals surface area contributed by atoms with Crippen LogP contribution in [0.3, 0.4) is 0 Å². The Bertz CT molecular complexity index is 1020. The van der Waals surface area contributed by atoms with E-state index in [9.17, 15) is 93.0 Å². The average molecular weight is 672 g/mol. The van der Waals surface area contributed by atoms with Crippen LogP contribution in [0.5, 0.6) is 0 Å². The molecule has 0 saturated carbocycles. The van der Waals surface area contributed by atoms with Crippen molar-refractivity contribution < 1.29 is 107 Å². The summed E-state index contributed by atoms with van der Waals surface area (Å²) in [5, 5.41) is 0. The lowest BCUT2D eigenvalue weighted by atomic mass is 9.81. The summed E-state index contributed by atoms with van der Waals surface area (Å²) in [5.41, 5.74) is -7.10. The van der Waals surface area contributed by atoms with E-state index in [4.69, 9.17) is 0 Å². The Morgan fingerprint density at radius 3 is 1.24 bits per heavy atom. The summed E-state index contributed by atoms with van der Waals surface area (Å²) >= 11 is 0. The molecule has 4 nitrogen and oxygen atoms in total. The molecule has 248 valence electrons. The van der Waals surface area contributed by atoms with E-state index in [-0.39, 0.29) is 0 Å². The quantitative estimate of drug-likeness (QED) is 0.110. The number of halogens is 20. The molecular formula is C18H12F20O4. The van der Waals surface area contributed by atoms with Gasteiger partial charge in [0.1, 0.15) is 0 Å². The molecule has 0 N–H and O–H groups in total. The summed E-state index contributed by atoms with van der Waals surface area (Å²) in [6.07, 6.45) is -21.1. The molecule has 0 saturated heterocycles. The van der Waals surface area contributed by atoms with Crippen molar-refractivity contribution in [2.24, 2.45) is 0 Å². The Morgan fingerprint density at radius 1 is 0.595 bits per heavy atom. The van der Waals surface area contributed by atoms with Gasteiger partial charge in [-0.15, -0.1) is 0 Å². The van der Waals surface area contributed by atoms with E-state index >= 15 is 4.39 Å². The minimum atomic E-state index is -9.19. The lowest BCUT2D eigenvalue weighted by molar-refractivity contribution is -0.473. The van der Waals surface area contributed by atoms with E-state index in [0.29, 0.717) is 0 Å². The zero-order chi connectivity index (χ0) is 34.4. The molecule has 1 atom stereocenters. The SMILES string of the molecule is C=CC(=O)OC(F)(F)C(F)(CCC(=O)OCC)C(F)(F)C(F)(F)C(F)(F)C(F)(F)C(F)(F)C(F)(F)C(F)(F)C(F)(F)F. The van der Waals surface area contributed by atoms with Gasteiger partial charge in [-0.25, -0.2) is 9.18 Å². The monoisotopic (exact) mass is 672 g/mol. The maximum atomic E-state index is 15.1. The Labute approximate surface area is 218 Å². The maximum absolute atomic E-state index is 15.1. The van der Waals surface area contributed by atoms with Crippen molar-refractivity contribution in [1.29, 1.82) is 0 Å². The van der Waals surface area contributed by atoms with Gasteiger partial charge in [0.15, 0.2) is 0 Å². The van der Waals surface area contributed by atoms with Crippen LogP contribution < -0.4 is 0 Å². The number of hydrogen-bond donors (Lipinski definition) is 0. The first-order valence-electron chi connectivity index (χ1n) is 9.95. The highest BCUT2D eigenvalue weighted by atomic mass is 19.4. The Hall–Kier alpha value is -2.72. The minimum Gasteiger partial charge on any atom is -0.466 e.